The van der Waals surface area contributed by atoms with Gasteiger partial charge in [-0.1, -0.05) is 315 Å². The van der Waals surface area contributed by atoms with Gasteiger partial charge in [0.1, 0.15) is 0 Å². The topological polar surface area (TPSA) is 21.3 Å². The van der Waals surface area contributed by atoms with E-state index in [1.807, 2.05) is 0 Å². The zero-order valence-electron chi connectivity index (χ0n) is 58.9. The number of benzene rings is 17. The van der Waals surface area contributed by atoms with Crippen LogP contribution in [0, 0.1) is 0 Å². The van der Waals surface area contributed by atoms with Gasteiger partial charge in [-0.15, -0.1) is 0 Å². The lowest BCUT2D eigenvalue weighted by atomic mass is 9.33. The van der Waals surface area contributed by atoms with Crippen LogP contribution >= 0.6 is 0 Å². The van der Waals surface area contributed by atoms with Crippen LogP contribution in [0.4, 0.5) is 34.1 Å². The minimum Gasteiger partial charge on any atom is -0.309 e. The molecule has 0 unspecified atom stereocenters. The van der Waals surface area contributed by atoms with E-state index in [0.717, 1.165) is 129 Å². The van der Waals surface area contributed by atoms with E-state index in [2.05, 4.69) is 424 Å². The predicted octanol–water partition coefficient (Wildman–Crippen LogP) is 25.1. The molecule has 0 amide bonds. The molecule has 0 spiro atoms. The van der Waals surface area contributed by atoms with Crippen molar-refractivity contribution < 1.29 is 0 Å². The molecule has 20 aromatic rings. The second-order valence-electron chi connectivity index (χ2n) is 28.7. The van der Waals surface area contributed by atoms with E-state index in [1.165, 1.54) is 71.0 Å². The maximum absolute atomic E-state index is 2.64. The Hall–Kier alpha value is -14.2. The van der Waals surface area contributed by atoms with Crippen LogP contribution in [0.2, 0.25) is 0 Å². The molecule has 2 aliphatic heterocycles. The van der Waals surface area contributed by atoms with Gasteiger partial charge in [0.05, 0.1) is 61.5 Å². The standard InChI is InChI=1S/C102H66BN5/c1-7-27-67(28-8-1)73-51-57-90-86(59-73)103-87-60-74(68-29-9-2-10-30-68)52-58-91(87)106(93-44-24-26-46-95(93)108-98-63-77(71-35-15-5-16-36-71)49-55-84(98)85-56-50-78(64-99(85)108)72-37-17-6-18-38-72)101-66-79(104-88-41-21-19-39-80(88)81-40-20-22-42-89(81)104)65-100(102(101)103)105(90)92-43-23-25-45-94(92)107-96-61-75(69-31-11-3-12-32-69)47-53-82(96)83-54-48-76(62-97(83)107)70-33-13-4-14-34-70/h1-66H. The van der Waals surface area contributed by atoms with Gasteiger partial charge in [-0.3, -0.25) is 0 Å². The van der Waals surface area contributed by atoms with Gasteiger partial charge in [0.15, 0.2) is 0 Å². The van der Waals surface area contributed by atoms with E-state index in [-0.39, 0.29) is 6.71 Å². The molecule has 5 heterocycles. The third-order valence-corrected chi connectivity index (χ3v) is 22.8. The molecule has 6 heteroatoms. The van der Waals surface area contributed by atoms with Crippen molar-refractivity contribution in [3.8, 4) is 83.8 Å². The summed E-state index contributed by atoms with van der Waals surface area (Å²) in [5.41, 5.74) is 34.0. The van der Waals surface area contributed by atoms with Gasteiger partial charge in [-0.2, -0.15) is 0 Å². The highest BCUT2D eigenvalue weighted by Gasteiger charge is 2.45. The van der Waals surface area contributed by atoms with Gasteiger partial charge >= 0.3 is 0 Å². The second-order valence-corrected chi connectivity index (χ2v) is 28.7. The van der Waals surface area contributed by atoms with E-state index < -0.39 is 0 Å². The highest BCUT2D eigenvalue weighted by molar-refractivity contribution is 7.00. The largest absolute Gasteiger partial charge is 0.309 e. The lowest BCUT2D eigenvalue weighted by Gasteiger charge is -2.45. The van der Waals surface area contributed by atoms with Gasteiger partial charge in [-0.25, -0.2) is 0 Å². The molecule has 5 nitrogen and oxygen atoms in total. The SMILES string of the molecule is c1ccc(-c2ccc3c(c2)B2c4cc(-c5ccccc5)ccc4N(c4ccccc4-n4c5cc(-c6ccccc6)ccc5c5ccc(-c6ccccc6)cc54)c4cc(-n5c6ccccc6c6ccccc65)cc(c42)N3c2ccccc2-n2c3cc(-c4ccccc4)ccc3c3ccc(-c4ccccc4)cc32)cc1. The number of fused-ring (bicyclic) bond motifs is 13. The molecule has 0 fully saturated rings. The molecule has 17 aromatic carbocycles. The summed E-state index contributed by atoms with van der Waals surface area (Å²) in [6, 6.07) is 149. The van der Waals surface area contributed by atoms with Gasteiger partial charge in [-0.05, 0) is 168 Å². The van der Waals surface area contributed by atoms with E-state index in [0.29, 0.717) is 0 Å². The molecule has 22 rings (SSSR count). The van der Waals surface area contributed by atoms with Crippen molar-refractivity contribution in [1.82, 2.24) is 13.7 Å². The predicted molar refractivity (Wildman–Crippen MR) is 456 cm³/mol. The van der Waals surface area contributed by atoms with E-state index in [4.69, 9.17) is 0 Å². The number of hydrogen-bond acceptors (Lipinski definition) is 2. The molecule has 0 saturated carbocycles. The first-order valence-electron chi connectivity index (χ1n) is 37.3. The first-order chi connectivity index (χ1) is 53.6. The molecule has 502 valence electrons. The molecule has 0 atom stereocenters. The average molecular weight is 1370 g/mol. The quantitative estimate of drug-likeness (QED) is 0.120. The number of aromatic nitrogens is 3. The zero-order chi connectivity index (χ0) is 70.9. The Labute approximate surface area is 626 Å². The summed E-state index contributed by atoms with van der Waals surface area (Å²) in [6.45, 7) is -0.267. The molecule has 0 bridgehead atoms. The minimum atomic E-state index is -0.267. The van der Waals surface area contributed by atoms with Crippen LogP contribution in [0.5, 0.6) is 0 Å². The summed E-state index contributed by atoms with van der Waals surface area (Å²) in [4.78, 5) is 5.29. The van der Waals surface area contributed by atoms with Crippen molar-refractivity contribution in [2.45, 2.75) is 0 Å². The Bertz CT molecular complexity index is 6370. The third kappa shape index (κ3) is 9.67. The summed E-state index contributed by atoms with van der Waals surface area (Å²) in [5.74, 6) is 0. The van der Waals surface area contributed by atoms with Crippen LogP contribution < -0.4 is 26.2 Å². The molecule has 0 radical (unpaired) electrons. The van der Waals surface area contributed by atoms with E-state index in [9.17, 15) is 0 Å². The van der Waals surface area contributed by atoms with Crippen LogP contribution in [-0.2, 0) is 0 Å². The zero-order valence-corrected chi connectivity index (χ0v) is 58.9. The monoisotopic (exact) mass is 1370 g/mol. The highest BCUT2D eigenvalue weighted by Crippen LogP contribution is 2.52. The molecule has 3 aromatic heterocycles. The summed E-state index contributed by atoms with van der Waals surface area (Å²) < 4.78 is 7.65. The third-order valence-electron chi connectivity index (χ3n) is 22.8. The van der Waals surface area contributed by atoms with Crippen molar-refractivity contribution in [2.24, 2.45) is 0 Å². The summed E-state index contributed by atoms with van der Waals surface area (Å²) in [6.07, 6.45) is 0. The molecular weight excluding hydrogens is 1310 g/mol. The molecular formula is C102H66BN5. The fourth-order valence-electron chi connectivity index (χ4n) is 17.9. The van der Waals surface area contributed by atoms with Crippen molar-refractivity contribution in [3.63, 3.8) is 0 Å². The number of para-hydroxylation sites is 6. The lowest BCUT2D eigenvalue weighted by molar-refractivity contribution is 1.13. The van der Waals surface area contributed by atoms with Gasteiger partial charge in [0.2, 0.25) is 0 Å². The summed E-state index contributed by atoms with van der Waals surface area (Å²) in [7, 11) is 0. The molecule has 108 heavy (non-hydrogen) atoms. The van der Waals surface area contributed by atoms with Crippen LogP contribution in [0.3, 0.4) is 0 Å². The van der Waals surface area contributed by atoms with Crippen LogP contribution in [0.1, 0.15) is 0 Å². The number of hydrogen-bond donors (Lipinski definition) is 0. The summed E-state index contributed by atoms with van der Waals surface area (Å²) in [5, 5.41) is 7.15. The fraction of sp³-hybridized carbons (Fsp3) is 0. The smallest absolute Gasteiger partial charge is 0.252 e. The Morgan fingerprint density at radius 1 is 0.157 bits per heavy atom. The van der Waals surface area contributed by atoms with Crippen LogP contribution in [0.15, 0.2) is 400 Å². The van der Waals surface area contributed by atoms with Gasteiger partial charge in [0.25, 0.3) is 6.71 Å². The number of rotatable bonds is 11. The first kappa shape index (κ1) is 61.3. The minimum absolute atomic E-state index is 0.267. The van der Waals surface area contributed by atoms with Crippen molar-refractivity contribution in [1.29, 1.82) is 0 Å². The second kappa shape index (κ2) is 24.7. The van der Waals surface area contributed by atoms with Crippen LogP contribution in [-0.4, -0.2) is 20.4 Å². The molecule has 0 aliphatic carbocycles. The number of anilines is 6. The molecule has 0 N–H and O–H groups in total. The normalized spacial score (nSPS) is 12.4. The Balaban J connectivity index is 0.882. The highest BCUT2D eigenvalue weighted by atomic mass is 15.2. The first-order valence-corrected chi connectivity index (χ1v) is 37.3. The summed E-state index contributed by atoms with van der Waals surface area (Å²) >= 11 is 0. The van der Waals surface area contributed by atoms with Gasteiger partial charge < -0.3 is 23.5 Å². The van der Waals surface area contributed by atoms with Crippen molar-refractivity contribution in [3.05, 3.63) is 400 Å². The van der Waals surface area contributed by atoms with Crippen LogP contribution in [0.25, 0.3) is 149 Å². The van der Waals surface area contributed by atoms with Gasteiger partial charge in [0, 0.05) is 55.1 Å². The fourth-order valence-corrected chi connectivity index (χ4v) is 17.9. The maximum Gasteiger partial charge on any atom is 0.252 e. The Morgan fingerprint density at radius 2 is 0.417 bits per heavy atom. The number of nitrogens with zero attached hydrogens (tertiary/aromatic N) is 5. The average Bonchev–Trinajstić information content (AvgIpc) is 0.760. The lowest BCUT2D eigenvalue weighted by Crippen LogP contribution is -2.61. The molecule has 2 aliphatic rings. The Morgan fingerprint density at radius 3 is 0.741 bits per heavy atom. The van der Waals surface area contributed by atoms with Crippen molar-refractivity contribution >= 4 is 123 Å². The van der Waals surface area contributed by atoms with E-state index >= 15 is 0 Å². The van der Waals surface area contributed by atoms with E-state index in [1.54, 1.807) is 0 Å². The Kier molecular flexibility index (Phi) is 14.0. The molecule has 0 saturated heterocycles. The maximum atomic E-state index is 2.64. The van der Waals surface area contributed by atoms with Crippen molar-refractivity contribution in [2.75, 3.05) is 9.80 Å².